The number of nitrogens with zero attached hydrogens (tertiary/aromatic N) is 1. The molecule has 7 atom stereocenters. The normalized spacial score (nSPS) is 36.1. The Hall–Kier alpha value is -2.33. The van der Waals surface area contributed by atoms with Crippen molar-refractivity contribution in [2.24, 2.45) is 0 Å². The third-order valence-electron chi connectivity index (χ3n) is 6.30. The molecule has 0 radical (unpaired) electrons. The van der Waals surface area contributed by atoms with E-state index in [1.54, 1.807) is 0 Å². The summed E-state index contributed by atoms with van der Waals surface area (Å²) in [5.74, 6) is -1.39. The minimum atomic E-state index is -1.71. The Morgan fingerprint density at radius 2 is 1.65 bits per heavy atom. The van der Waals surface area contributed by atoms with Gasteiger partial charge < -0.3 is 29.9 Å². The molecule has 0 spiro atoms. The van der Waals surface area contributed by atoms with Crippen molar-refractivity contribution >= 4 is 5.97 Å². The number of aliphatic carboxylic acids is 1. The number of hydrogen-bond acceptors (Lipinski definition) is 6. The fourth-order valence-corrected chi connectivity index (χ4v) is 4.57. The predicted molar refractivity (Wildman–Crippen MR) is 110 cm³/mol. The number of fused-ring (bicyclic) bond motifs is 1. The van der Waals surface area contributed by atoms with Gasteiger partial charge in [0.25, 0.3) is 0 Å². The van der Waals surface area contributed by atoms with Gasteiger partial charge in [-0.25, -0.2) is 4.79 Å². The van der Waals surface area contributed by atoms with Crippen LogP contribution in [0.5, 0.6) is 0 Å². The zero-order valence-corrected chi connectivity index (χ0v) is 17.2. The molecule has 1 fully saturated rings. The quantitative estimate of drug-likeness (QED) is 0.528. The van der Waals surface area contributed by atoms with Crippen LogP contribution in [0.15, 0.2) is 54.6 Å². The van der Waals surface area contributed by atoms with Crippen LogP contribution in [0, 0.1) is 0 Å². The average molecular weight is 430 g/mol. The van der Waals surface area contributed by atoms with E-state index in [2.05, 4.69) is 0 Å². The van der Waals surface area contributed by atoms with Gasteiger partial charge in [0.15, 0.2) is 12.2 Å². The molecule has 0 aliphatic carbocycles. The number of rotatable bonds is 3. The zero-order chi connectivity index (χ0) is 22.2. The van der Waals surface area contributed by atoms with Gasteiger partial charge in [-0.3, -0.25) is 4.48 Å². The van der Waals surface area contributed by atoms with Gasteiger partial charge in [0.1, 0.15) is 31.4 Å². The summed E-state index contributed by atoms with van der Waals surface area (Å²) in [4.78, 5) is 11.6. The monoisotopic (exact) mass is 430 g/mol. The van der Waals surface area contributed by atoms with Gasteiger partial charge in [-0.2, -0.15) is 0 Å². The van der Waals surface area contributed by atoms with Crippen molar-refractivity contribution in [2.75, 3.05) is 20.2 Å². The lowest BCUT2D eigenvalue weighted by Gasteiger charge is -2.49. The molecule has 0 aromatic heterocycles. The van der Waals surface area contributed by atoms with E-state index < -0.39 is 36.6 Å². The van der Waals surface area contributed by atoms with Crippen molar-refractivity contribution in [1.82, 2.24) is 0 Å². The summed E-state index contributed by atoms with van der Waals surface area (Å²) >= 11 is 0. The highest BCUT2D eigenvalue weighted by Crippen LogP contribution is 2.35. The second-order valence-corrected chi connectivity index (χ2v) is 8.48. The summed E-state index contributed by atoms with van der Waals surface area (Å²) in [6, 6.07) is 17.7. The second kappa shape index (κ2) is 8.66. The van der Waals surface area contributed by atoms with Gasteiger partial charge >= 0.3 is 5.97 Å². The lowest BCUT2D eigenvalue weighted by molar-refractivity contribution is -0.974. The van der Waals surface area contributed by atoms with E-state index in [0.29, 0.717) is 19.7 Å². The maximum Gasteiger partial charge on any atom is 0.335 e. The van der Waals surface area contributed by atoms with Crippen molar-refractivity contribution in [3.8, 4) is 0 Å². The van der Waals surface area contributed by atoms with Gasteiger partial charge in [-0.1, -0.05) is 54.6 Å². The van der Waals surface area contributed by atoms with E-state index in [1.165, 1.54) is 0 Å². The SMILES string of the molecule is C[N+]1(C2OC(C(=O)O)C(O)C(O)C2O)CCOC(c2ccccc2)c2ccccc2C1. The molecule has 0 saturated carbocycles. The molecular weight excluding hydrogens is 402 g/mol. The number of carboxylic acid groups (broad SMARTS) is 1. The summed E-state index contributed by atoms with van der Waals surface area (Å²) in [5.41, 5.74) is 2.99. The second-order valence-electron chi connectivity index (χ2n) is 8.48. The first kappa shape index (κ1) is 21.9. The third-order valence-corrected chi connectivity index (χ3v) is 6.30. The highest BCUT2D eigenvalue weighted by molar-refractivity contribution is 5.73. The summed E-state index contributed by atoms with van der Waals surface area (Å²) in [7, 11) is 1.83. The first-order valence-corrected chi connectivity index (χ1v) is 10.3. The Kier molecular flexibility index (Phi) is 6.11. The third kappa shape index (κ3) is 4.10. The number of ether oxygens (including phenoxy) is 2. The molecular formula is C23H28NO7+. The van der Waals surface area contributed by atoms with Crippen molar-refractivity contribution < 1.29 is 39.2 Å². The minimum absolute atomic E-state index is 0.0905. The number of carbonyl (C=O) groups is 1. The minimum Gasteiger partial charge on any atom is -0.479 e. The number of likely N-dealkylation sites (N-methyl/N-ethyl adjacent to an activating group) is 1. The molecule has 8 heteroatoms. The molecule has 2 aromatic rings. The fraction of sp³-hybridized carbons (Fsp3) is 0.435. The largest absolute Gasteiger partial charge is 0.479 e. The highest BCUT2D eigenvalue weighted by atomic mass is 16.6. The van der Waals surface area contributed by atoms with Crippen LogP contribution in [0.2, 0.25) is 0 Å². The van der Waals surface area contributed by atoms with E-state index in [4.69, 9.17) is 9.47 Å². The molecule has 4 N–H and O–H groups in total. The number of aliphatic hydroxyl groups excluding tert-OH is 3. The fourth-order valence-electron chi connectivity index (χ4n) is 4.57. The highest BCUT2D eigenvalue weighted by Gasteiger charge is 2.54. The maximum atomic E-state index is 11.6. The van der Waals surface area contributed by atoms with Gasteiger partial charge in [0.05, 0.1) is 13.7 Å². The lowest BCUT2D eigenvalue weighted by Crippen LogP contribution is -2.69. The number of quaternary nitrogens is 1. The van der Waals surface area contributed by atoms with E-state index in [0.717, 1.165) is 16.7 Å². The van der Waals surface area contributed by atoms with Crippen LogP contribution in [0.25, 0.3) is 0 Å². The molecule has 0 amide bonds. The van der Waals surface area contributed by atoms with Crippen LogP contribution < -0.4 is 0 Å². The molecule has 8 nitrogen and oxygen atoms in total. The molecule has 2 aliphatic rings. The van der Waals surface area contributed by atoms with Crippen LogP contribution >= 0.6 is 0 Å². The molecule has 2 heterocycles. The van der Waals surface area contributed by atoms with Crippen molar-refractivity contribution in [3.05, 3.63) is 71.3 Å². The van der Waals surface area contributed by atoms with Crippen LogP contribution in [-0.4, -0.2) is 81.7 Å². The summed E-state index contributed by atoms with van der Waals surface area (Å²) < 4.78 is 12.0. The molecule has 166 valence electrons. The Bertz CT molecular complexity index is 923. The summed E-state index contributed by atoms with van der Waals surface area (Å²) in [6.07, 6.45) is -7.72. The number of carboxylic acids is 1. The lowest BCUT2D eigenvalue weighted by atomic mass is 9.93. The Labute approximate surface area is 180 Å². The van der Waals surface area contributed by atoms with E-state index in [9.17, 15) is 25.2 Å². The number of aliphatic hydroxyl groups is 3. The molecule has 1 saturated heterocycles. The van der Waals surface area contributed by atoms with Gasteiger partial charge in [-0.05, 0) is 11.1 Å². The number of benzene rings is 2. The molecule has 2 aromatic carbocycles. The maximum absolute atomic E-state index is 11.6. The molecule has 4 rings (SSSR count). The topological polar surface area (TPSA) is 116 Å². The first-order valence-electron chi connectivity index (χ1n) is 10.3. The van der Waals surface area contributed by atoms with Gasteiger partial charge in [0.2, 0.25) is 6.23 Å². The van der Waals surface area contributed by atoms with E-state index in [-0.39, 0.29) is 10.6 Å². The average Bonchev–Trinajstić information content (AvgIpc) is 2.75. The van der Waals surface area contributed by atoms with Gasteiger partial charge in [0, 0.05) is 5.56 Å². The Morgan fingerprint density at radius 1 is 0.968 bits per heavy atom. The standard InChI is InChI=1S/C23H27NO7/c1-24(22-19(27)17(25)18(26)21(31-22)23(28)29)11-12-30-20(14-7-3-2-4-8-14)16-10-6-5-9-15(16)13-24/h2-10,17-22,25-27H,11-13H2,1H3/p+1. The smallest absolute Gasteiger partial charge is 0.335 e. The molecule has 0 bridgehead atoms. The zero-order valence-electron chi connectivity index (χ0n) is 17.2. The van der Waals surface area contributed by atoms with Gasteiger partial charge in [-0.15, -0.1) is 0 Å². The van der Waals surface area contributed by atoms with Crippen molar-refractivity contribution in [2.45, 2.75) is 43.3 Å². The predicted octanol–water partition coefficient (Wildman–Crippen LogP) is 0.645. The van der Waals surface area contributed by atoms with Crippen molar-refractivity contribution in [3.63, 3.8) is 0 Å². The van der Waals surface area contributed by atoms with Crippen LogP contribution in [0.4, 0.5) is 0 Å². The Balaban J connectivity index is 1.70. The number of hydrogen-bond donors (Lipinski definition) is 4. The van der Waals surface area contributed by atoms with E-state index >= 15 is 0 Å². The first-order chi connectivity index (χ1) is 14.8. The van der Waals surface area contributed by atoms with Crippen LogP contribution in [0.1, 0.15) is 22.8 Å². The van der Waals surface area contributed by atoms with Crippen LogP contribution in [-0.2, 0) is 20.8 Å². The van der Waals surface area contributed by atoms with Crippen LogP contribution in [0.3, 0.4) is 0 Å². The van der Waals surface area contributed by atoms with E-state index in [1.807, 2.05) is 61.6 Å². The molecule has 31 heavy (non-hydrogen) atoms. The summed E-state index contributed by atoms with van der Waals surface area (Å²) in [5, 5.41) is 40.5. The summed E-state index contributed by atoms with van der Waals surface area (Å²) in [6.45, 7) is 1.17. The Morgan fingerprint density at radius 3 is 2.35 bits per heavy atom. The molecule has 7 unspecified atom stereocenters. The molecule has 2 aliphatic heterocycles. The van der Waals surface area contributed by atoms with Crippen molar-refractivity contribution in [1.29, 1.82) is 0 Å².